The van der Waals surface area contributed by atoms with Crippen molar-refractivity contribution >= 4 is 34.1 Å². The third-order valence-corrected chi connectivity index (χ3v) is 6.70. The van der Waals surface area contributed by atoms with Gasteiger partial charge in [0.25, 0.3) is 0 Å². The molecule has 10 heteroatoms. The van der Waals surface area contributed by atoms with Gasteiger partial charge in [0.1, 0.15) is 21.8 Å². The normalized spacial score (nSPS) is 10.7. The summed E-state index contributed by atoms with van der Waals surface area (Å²) < 4.78 is 20.5. The van der Waals surface area contributed by atoms with Crippen molar-refractivity contribution < 1.29 is 13.9 Å². The van der Waals surface area contributed by atoms with Crippen molar-refractivity contribution in [1.29, 1.82) is 5.26 Å². The van der Waals surface area contributed by atoms with E-state index in [2.05, 4.69) is 16.3 Å². The second-order valence-electron chi connectivity index (χ2n) is 6.75. The topological polar surface area (TPSA) is 107 Å². The number of thioether (sulfide) groups is 1. The van der Waals surface area contributed by atoms with Crippen LogP contribution in [0.5, 0.6) is 0 Å². The van der Waals surface area contributed by atoms with Gasteiger partial charge < -0.3 is 10.5 Å². The first-order valence-corrected chi connectivity index (χ1v) is 11.7. The molecule has 0 aliphatic heterocycles. The summed E-state index contributed by atoms with van der Waals surface area (Å²) in [5.41, 5.74) is 8.25. The van der Waals surface area contributed by atoms with E-state index in [1.54, 1.807) is 19.1 Å². The lowest BCUT2D eigenvalue weighted by molar-refractivity contribution is 0.0531. The third-order valence-electron chi connectivity index (χ3n) is 4.70. The van der Waals surface area contributed by atoms with Crippen molar-refractivity contribution in [2.45, 2.75) is 17.8 Å². The van der Waals surface area contributed by atoms with Crippen LogP contribution in [0.15, 0.2) is 59.8 Å². The first-order chi connectivity index (χ1) is 16.0. The minimum Gasteiger partial charge on any atom is -0.462 e. The number of carbonyl (C=O) groups is 1. The highest BCUT2D eigenvalue weighted by atomic mass is 32.2. The first-order valence-electron chi connectivity index (χ1n) is 9.91. The number of rotatable bonds is 7. The van der Waals surface area contributed by atoms with Gasteiger partial charge in [-0.25, -0.2) is 9.18 Å². The molecule has 0 atom stereocenters. The number of ether oxygens (including phenoxy) is 1. The van der Waals surface area contributed by atoms with Gasteiger partial charge in [0.15, 0.2) is 11.0 Å². The van der Waals surface area contributed by atoms with Crippen LogP contribution >= 0.6 is 23.1 Å². The number of halogens is 1. The molecule has 2 N–H and O–H groups in total. The molecule has 4 rings (SSSR count). The number of nitrogen functional groups attached to an aromatic ring is 1. The number of nitrogens with zero attached hydrogens (tertiary/aromatic N) is 4. The number of thiophene rings is 1. The molecule has 0 bridgehead atoms. The molecule has 0 unspecified atom stereocenters. The van der Waals surface area contributed by atoms with Crippen LogP contribution < -0.4 is 5.73 Å². The van der Waals surface area contributed by atoms with E-state index in [4.69, 9.17) is 10.5 Å². The van der Waals surface area contributed by atoms with E-state index in [1.807, 2.05) is 34.9 Å². The highest BCUT2D eigenvalue weighted by Crippen LogP contribution is 2.36. The third kappa shape index (κ3) is 4.60. The minimum atomic E-state index is -0.517. The van der Waals surface area contributed by atoms with Crippen LogP contribution in [-0.2, 0) is 10.5 Å². The van der Waals surface area contributed by atoms with E-state index in [0.717, 1.165) is 16.9 Å². The van der Waals surface area contributed by atoms with Crippen LogP contribution in [0.25, 0.3) is 17.1 Å². The van der Waals surface area contributed by atoms with Gasteiger partial charge in [0.05, 0.1) is 12.2 Å². The molecule has 7 nitrogen and oxygen atoms in total. The van der Waals surface area contributed by atoms with Crippen molar-refractivity contribution in [2.24, 2.45) is 0 Å². The molecule has 33 heavy (non-hydrogen) atoms. The van der Waals surface area contributed by atoms with Crippen LogP contribution in [0.1, 0.15) is 27.7 Å². The Hall–Kier alpha value is -3.68. The van der Waals surface area contributed by atoms with Gasteiger partial charge in [-0.1, -0.05) is 42.1 Å². The summed E-state index contributed by atoms with van der Waals surface area (Å²) in [7, 11) is 0. The Labute approximate surface area is 197 Å². The van der Waals surface area contributed by atoms with Crippen LogP contribution in [0, 0.1) is 17.1 Å². The van der Waals surface area contributed by atoms with E-state index in [9.17, 15) is 14.4 Å². The zero-order valence-corrected chi connectivity index (χ0v) is 19.1. The lowest BCUT2D eigenvalue weighted by atomic mass is 10.2. The van der Waals surface area contributed by atoms with Crippen LogP contribution in [-0.4, -0.2) is 27.3 Å². The van der Waals surface area contributed by atoms with Crippen LogP contribution in [0.2, 0.25) is 0 Å². The molecule has 0 saturated carbocycles. The molecule has 0 spiro atoms. The summed E-state index contributed by atoms with van der Waals surface area (Å²) in [6, 6.07) is 17.6. The predicted molar refractivity (Wildman–Crippen MR) is 126 cm³/mol. The number of benzene rings is 2. The van der Waals surface area contributed by atoms with Crippen molar-refractivity contribution in [3.05, 3.63) is 76.4 Å². The molecule has 0 radical (unpaired) electrons. The maximum atomic E-state index is 13.6. The van der Waals surface area contributed by atoms with Gasteiger partial charge in [-0.05, 0) is 31.2 Å². The predicted octanol–water partition coefficient (Wildman–Crippen LogP) is 5.06. The fraction of sp³-hybridized carbons (Fsp3) is 0.130. The van der Waals surface area contributed by atoms with E-state index >= 15 is 0 Å². The van der Waals surface area contributed by atoms with Crippen molar-refractivity contribution in [2.75, 3.05) is 12.3 Å². The maximum Gasteiger partial charge on any atom is 0.348 e. The summed E-state index contributed by atoms with van der Waals surface area (Å²) >= 11 is 2.33. The molecule has 0 fully saturated rings. The number of hydrogen-bond acceptors (Lipinski definition) is 8. The number of anilines is 1. The molecule has 0 saturated heterocycles. The summed E-state index contributed by atoms with van der Waals surface area (Å²) in [4.78, 5) is 12.7. The lowest BCUT2D eigenvalue weighted by Gasteiger charge is -2.11. The second-order valence-corrected chi connectivity index (χ2v) is 8.75. The number of esters is 1. The first kappa shape index (κ1) is 22.5. The van der Waals surface area contributed by atoms with Gasteiger partial charge in [-0.2, -0.15) is 5.26 Å². The van der Waals surface area contributed by atoms with Gasteiger partial charge >= 0.3 is 5.97 Å². The van der Waals surface area contributed by atoms with E-state index in [-0.39, 0.29) is 28.7 Å². The molecular formula is C23H18FN5O2S2. The largest absolute Gasteiger partial charge is 0.462 e. The van der Waals surface area contributed by atoms with E-state index < -0.39 is 5.97 Å². The Balaban J connectivity index is 1.75. The minimum absolute atomic E-state index is 0.213. The van der Waals surface area contributed by atoms with E-state index in [0.29, 0.717) is 27.1 Å². The van der Waals surface area contributed by atoms with Gasteiger partial charge in [-0.3, -0.25) is 4.57 Å². The molecule has 2 heterocycles. The van der Waals surface area contributed by atoms with Gasteiger partial charge in [0.2, 0.25) is 0 Å². The Bertz CT molecular complexity index is 1330. The smallest absolute Gasteiger partial charge is 0.348 e. The summed E-state index contributed by atoms with van der Waals surface area (Å²) in [6.07, 6.45) is 0. The number of aromatic nitrogens is 3. The Morgan fingerprint density at radius 3 is 2.61 bits per heavy atom. The van der Waals surface area contributed by atoms with Crippen molar-refractivity contribution in [1.82, 2.24) is 14.8 Å². The molecule has 0 aliphatic carbocycles. The second kappa shape index (κ2) is 9.85. The number of carbonyl (C=O) groups excluding carboxylic acids is 1. The van der Waals surface area contributed by atoms with Crippen molar-refractivity contribution in [3.63, 3.8) is 0 Å². The maximum absolute atomic E-state index is 13.6. The SMILES string of the molecule is CCOC(=O)c1sc(N)c(C#N)c1CSc1nnc(-c2ccccc2)n1-c1ccc(F)cc1. The zero-order valence-electron chi connectivity index (χ0n) is 17.5. The summed E-state index contributed by atoms with van der Waals surface area (Å²) in [6.45, 7) is 1.93. The number of nitriles is 1. The molecule has 0 amide bonds. The van der Waals surface area contributed by atoms with Crippen LogP contribution in [0.4, 0.5) is 9.39 Å². The average molecular weight is 480 g/mol. The lowest BCUT2D eigenvalue weighted by Crippen LogP contribution is -2.05. The quantitative estimate of drug-likeness (QED) is 0.292. The highest BCUT2D eigenvalue weighted by molar-refractivity contribution is 7.98. The number of nitrogens with two attached hydrogens (primary N) is 1. The molecule has 2 aromatic carbocycles. The standard InChI is InChI=1S/C23H18FN5O2S2/c1-2-31-22(30)19-18(17(12-25)20(26)33-19)13-32-23-28-27-21(14-6-4-3-5-7-14)29(23)16-10-8-15(24)9-11-16/h3-11H,2,13,26H2,1H3. The average Bonchev–Trinajstić information content (AvgIpc) is 3.39. The molecular weight excluding hydrogens is 461 g/mol. The van der Waals surface area contributed by atoms with Gasteiger partial charge in [-0.15, -0.1) is 21.5 Å². The van der Waals surface area contributed by atoms with Crippen molar-refractivity contribution in [3.8, 4) is 23.1 Å². The molecule has 166 valence electrons. The zero-order chi connectivity index (χ0) is 23.4. The molecule has 0 aliphatic rings. The summed E-state index contributed by atoms with van der Waals surface area (Å²) in [5, 5.41) is 19.0. The Morgan fingerprint density at radius 1 is 1.21 bits per heavy atom. The fourth-order valence-electron chi connectivity index (χ4n) is 3.20. The molecule has 4 aromatic rings. The fourth-order valence-corrected chi connectivity index (χ4v) is 5.21. The summed E-state index contributed by atoms with van der Waals surface area (Å²) in [5.74, 6) is -0.0375. The van der Waals surface area contributed by atoms with Gasteiger partial charge in [0, 0.05) is 22.6 Å². The van der Waals surface area contributed by atoms with E-state index in [1.165, 1.54) is 23.9 Å². The Kier molecular flexibility index (Phi) is 6.72. The van der Waals surface area contributed by atoms with Crippen LogP contribution in [0.3, 0.4) is 0 Å². The molecule has 2 aromatic heterocycles. The Morgan fingerprint density at radius 2 is 1.94 bits per heavy atom. The monoisotopic (exact) mass is 479 g/mol. The highest BCUT2D eigenvalue weighted by Gasteiger charge is 2.24. The number of hydrogen-bond donors (Lipinski definition) is 1.